The SMILES string of the molecule is O=C1c2sccc2OC12C(c1c[nH]c3ccccc13)C(c1ccc(Cl)cc1)=NN2c1ccccc1. The smallest absolute Gasteiger partial charge is 0.279 e. The van der Waals surface area contributed by atoms with Gasteiger partial charge in [0.1, 0.15) is 10.6 Å². The molecule has 5 aromatic rings. The first-order chi connectivity index (χ1) is 17.2. The Hall–Kier alpha value is -3.87. The van der Waals surface area contributed by atoms with Crippen molar-refractivity contribution >= 4 is 51.0 Å². The Morgan fingerprint density at radius 3 is 2.54 bits per heavy atom. The number of hydrogen-bond acceptors (Lipinski definition) is 5. The van der Waals surface area contributed by atoms with Gasteiger partial charge in [-0.1, -0.05) is 60.1 Å². The molecule has 0 aliphatic carbocycles. The van der Waals surface area contributed by atoms with Crippen molar-refractivity contribution in [3.63, 3.8) is 0 Å². The molecule has 4 heterocycles. The molecule has 35 heavy (non-hydrogen) atoms. The highest BCUT2D eigenvalue weighted by Crippen LogP contribution is 2.53. The number of hydrazone groups is 1. The number of nitrogens with one attached hydrogen (secondary N) is 1. The number of aromatic nitrogens is 1. The van der Waals surface area contributed by atoms with Gasteiger partial charge in [0.2, 0.25) is 5.78 Å². The minimum Gasteiger partial charge on any atom is -0.455 e. The van der Waals surface area contributed by atoms with E-state index in [4.69, 9.17) is 21.4 Å². The van der Waals surface area contributed by atoms with E-state index in [9.17, 15) is 4.79 Å². The van der Waals surface area contributed by atoms with Crippen LogP contribution in [0.15, 0.2) is 102 Å². The molecule has 0 radical (unpaired) electrons. The van der Waals surface area contributed by atoms with Crippen LogP contribution in [0.5, 0.6) is 5.75 Å². The van der Waals surface area contributed by atoms with E-state index in [0.29, 0.717) is 15.6 Å². The van der Waals surface area contributed by atoms with Gasteiger partial charge in [-0.15, -0.1) is 11.3 Å². The van der Waals surface area contributed by atoms with E-state index in [-0.39, 0.29) is 5.78 Å². The Labute approximate surface area is 210 Å². The Morgan fingerprint density at radius 1 is 0.971 bits per heavy atom. The quantitative estimate of drug-likeness (QED) is 0.297. The molecular weight excluding hydrogens is 478 g/mol. The Bertz CT molecular complexity index is 1620. The number of rotatable bonds is 3. The van der Waals surface area contributed by atoms with Gasteiger partial charge in [-0.2, -0.15) is 5.10 Å². The number of Topliss-reactive ketones (excluding diaryl/α,β-unsaturated/α-hetero) is 1. The molecule has 7 rings (SSSR count). The van der Waals surface area contributed by atoms with Gasteiger partial charge in [0.05, 0.1) is 17.3 Å². The molecule has 5 nitrogen and oxygen atoms in total. The Morgan fingerprint density at radius 2 is 1.74 bits per heavy atom. The van der Waals surface area contributed by atoms with E-state index in [1.807, 2.05) is 90.4 Å². The van der Waals surface area contributed by atoms with E-state index in [0.717, 1.165) is 33.4 Å². The zero-order chi connectivity index (χ0) is 23.6. The zero-order valence-electron chi connectivity index (χ0n) is 18.3. The number of aromatic amines is 1. The molecular formula is C28H18ClN3O2S. The van der Waals surface area contributed by atoms with Gasteiger partial charge in [-0.25, -0.2) is 5.01 Å². The van der Waals surface area contributed by atoms with Crippen molar-refractivity contribution in [3.05, 3.63) is 118 Å². The number of carbonyl (C=O) groups is 1. The normalized spacial score (nSPS) is 20.9. The van der Waals surface area contributed by atoms with Crippen molar-refractivity contribution in [2.24, 2.45) is 5.10 Å². The lowest BCUT2D eigenvalue weighted by molar-refractivity contribution is 0.0549. The maximum atomic E-state index is 14.3. The van der Waals surface area contributed by atoms with E-state index in [1.54, 1.807) is 5.01 Å². The molecule has 0 saturated carbocycles. The molecule has 2 aliphatic heterocycles. The molecule has 7 heteroatoms. The number of benzene rings is 3. The van der Waals surface area contributed by atoms with Crippen LogP contribution in [0, 0.1) is 0 Å². The fourth-order valence-electron chi connectivity index (χ4n) is 5.15. The van der Waals surface area contributed by atoms with Crippen molar-refractivity contribution in [2.45, 2.75) is 11.6 Å². The minimum absolute atomic E-state index is 0.0886. The van der Waals surface area contributed by atoms with Gasteiger partial charge in [-0.05, 0) is 52.9 Å². The van der Waals surface area contributed by atoms with Crippen LogP contribution in [-0.4, -0.2) is 22.2 Å². The van der Waals surface area contributed by atoms with Gasteiger partial charge in [-0.3, -0.25) is 4.79 Å². The monoisotopic (exact) mass is 495 g/mol. The molecule has 2 atom stereocenters. The number of anilines is 1. The molecule has 2 aromatic heterocycles. The van der Waals surface area contributed by atoms with E-state index >= 15 is 0 Å². The molecule has 3 aromatic carbocycles. The summed E-state index contributed by atoms with van der Waals surface area (Å²) in [6.07, 6.45) is 1.97. The maximum absolute atomic E-state index is 14.3. The fraction of sp³-hybridized carbons (Fsp3) is 0.0714. The molecule has 0 saturated heterocycles. The average Bonchev–Trinajstić information content (AvgIpc) is 3.65. The van der Waals surface area contributed by atoms with Crippen molar-refractivity contribution in [1.29, 1.82) is 0 Å². The summed E-state index contributed by atoms with van der Waals surface area (Å²) < 4.78 is 6.67. The van der Waals surface area contributed by atoms with Gasteiger partial charge in [0.15, 0.2) is 0 Å². The van der Waals surface area contributed by atoms with Crippen LogP contribution in [0.3, 0.4) is 0 Å². The summed E-state index contributed by atoms with van der Waals surface area (Å²) in [7, 11) is 0. The first-order valence-corrected chi connectivity index (χ1v) is 12.5. The average molecular weight is 496 g/mol. The summed E-state index contributed by atoms with van der Waals surface area (Å²) in [5.74, 6) is 0.0137. The third kappa shape index (κ3) is 2.87. The number of hydrogen-bond donors (Lipinski definition) is 1. The summed E-state index contributed by atoms with van der Waals surface area (Å²) in [5, 5.41) is 10.4. The number of fused-ring (bicyclic) bond motifs is 2. The highest BCUT2D eigenvalue weighted by Gasteiger charge is 2.65. The number of ether oxygens (including phenoxy) is 1. The van der Waals surface area contributed by atoms with Gasteiger partial charge in [0.25, 0.3) is 5.72 Å². The number of ketones is 1. The Kier molecular flexibility index (Phi) is 4.43. The lowest BCUT2D eigenvalue weighted by Gasteiger charge is -2.36. The standard InChI is InChI=1S/C28H18ClN3O2S/c29-18-12-10-17(11-13-18)25-24(21-16-30-22-9-5-4-8-20(21)22)28(27(33)26-23(34-28)14-15-35-26)32(31-25)19-6-2-1-3-7-19/h1-16,24,30H. The summed E-state index contributed by atoms with van der Waals surface area (Å²) in [5.41, 5.74) is 2.98. The number of halogens is 1. The summed E-state index contributed by atoms with van der Waals surface area (Å²) in [4.78, 5) is 18.3. The second kappa shape index (κ2) is 7.57. The summed E-state index contributed by atoms with van der Waals surface area (Å²) in [6.45, 7) is 0. The van der Waals surface area contributed by atoms with E-state index < -0.39 is 11.6 Å². The topological polar surface area (TPSA) is 57.7 Å². The molecule has 170 valence electrons. The number of thiophene rings is 1. The van der Waals surface area contributed by atoms with Crippen LogP contribution in [-0.2, 0) is 0 Å². The first kappa shape index (κ1) is 20.5. The number of H-pyrrole nitrogens is 1. The second-order valence-electron chi connectivity index (χ2n) is 8.60. The summed E-state index contributed by atoms with van der Waals surface area (Å²) in [6, 6.07) is 27.3. The molecule has 0 amide bonds. The van der Waals surface area contributed by atoms with Crippen LogP contribution in [0.4, 0.5) is 5.69 Å². The van der Waals surface area contributed by atoms with Crippen molar-refractivity contribution in [1.82, 2.24) is 4.98 Å². The van der Waals surface area contributed by atoms with Gasteiger partial charge in [0, 0.05) is 22.1 Å². The zero-order valence-corrected chi connectivity index (χ0v) is 19.9. The molecule has 0 fully saturated rings. The van der Waals surface area contributed by atoms with Crippen LogP contribution >= 0.6 is 22.9 Å². The predicted octanol–water partition coefficient (Wildman–Crippen LogP) is 6.86. The maximum Gasteiger partial charge on any atom is 0.279 e. The second-order valence-corrected chi connectivity index (χ2v) is 9.96. The van der Waals surface area contributed by atoms with Crippen molar-refractivity contribution in [3.8, 4) is 5.75 Å². The van der Waals surface area contributed by atoms with Crippen molar-refractivity contribution in [2.75, 3.05) is 5.01 Å². The number of para-hydroxylation sites is 2. The van der Waals surface area contributed by atoms with E-state index in [2.05, 4.69) is 11.1 Å². The van der Waals surface area contributed by atoms with Gasteiger partial charge < -0.3 is 9.72 Å². The lowest BCUT2D eigenvalue weighted by Crippen LogP contribution is -2.56. The molecule has 0 bridgehead atoms. The predicted molar refractivity (Wildman–Crippen MR) is 140 cm³/mol. The molecule has 2 unspecified atom stereocenters. The van der Waals surface area contributed by atoms with Crippen LogP contribution in [0.2, 0.25) is 5.02 Å². The van der Waals surface area contributed by atoms with Crippen molar-refractivity contribution < 1.29 is 9.53 Å². The fourth-order valence-corrected chi connectivity index (χ4v) is 6.08. The number of carbonyl (C=O) groups excluding carboxylic acids is 1. The molecule has 1 spiro atoms. The largest absolute Gasteiger partial charge is 0.455 e. The van der Waals surface area contributed by atoms with E-state index in [1.165, 1.54) is 11.3 Å². The third-order valence-electron chi connectivity index (χ3n) is 6.69. The van der Waals surface area contributed by atoms with Crippen LogP contribution in [0.25, 0.3) is 10.9 Å². The molecule has 2 aliphatic rings. The number of nitrogens with zero attached hydrogens (tertiary/aromatic N) is 2. The van der Waals surface area contributed by atoms with Gasteiger partial charge >= 0.3 is 0 Å². The minimum atomic E-state index is -1.39. The van der Waals surface area contributed by atoms with Crippen LogP contribution < -0.4 is 9.75 Å². The molecule has 1 N–H and O–H groups in total. The highest BCUT2D eigenvalue weighted by atomic mass is 35.5. The first-order valence-electron chi connectivity index (χ1n) is 11.2. The lowest BCUT2D eigenvalue weighted by atomic mass is 9.80. The Balaban J connectivity index is 1.53. The highest BCUT2D eigenvalue weighted by molar-refractivity contribution is 7.12. The summed E-state index contributed by atoms with van der Waals surface area (Å²) >= 11 is 7.62. The van der Waals surface area contributed by atoms with Crippen LogP contribution in [0.1, 0.15) is 26.7 Å². The third-order valence-corrected chi connectivity index (χ3v) is 7.83.